The largest absolute Gasteiger partial charge is 0.205 e. The molecule has 1 unspecified atom stereocenters. The van der Waals surface area contributed by atoms with Gasteiger partial charge < -0.3 is 0 Å². The van der Waals surface area contributed by atoms with E-state index in [0.29, 0.717) is 16.5 Å². The van der Waals surface area contributed by atoms with Gasteiger partial charge in [-0.1, -0.05) is 56.1 Å². The quantitative estimate of drug-likeness (QED) is 0.501. The molecule has 0 saturated carbocycles. The molecule has 88 valence electrons. The average molecular weight is 261 g/mol. The number of allylic oxidation sites excluding steroid dienone is 2. The van der Waals surface area contributed by atoms with Crippen LogP contribution in [0.15, 0.2) is 24.3 Å². The molecule has 0 N–H and O–H groups in total. The molecule has 1 aromatic rings. The highest BCUT2D eigenvalue weighted by atomic mass is 35.5. The topological polar surface area (TPSA) is 0 Å². The van der Waals surface area contributed by atoms with Crippen LogP contribution in [0.25, 0.3) is 0 Å². The number of hydrogen-bond acceptors (Lipinski definition) is 0. The van der Waals surface area contributed by atoms with E-state index in [9.17, 15) is 4.39 Å². The van der Waals surface area contributed by atoms with Crippen molar-refractivity contribution in [3.8, 4) is 0 Å². The lowest BCUT2D eigenvalue weighted by Crippen LogP contribution is -1.95. The summed E-state index contributed by atoms with van der Waals surface area (Å²) < 4.78 is 13.3. The predicted octanol–water partition coefficient (Wildman–Crippen LogP) is 5.45. The molecule has 3 heteroatoms. The van der Waals surface area contributed by atoms with Crippen LogP contribution in [0.3, 0.4) is 0 Å². The smallest absolute Gasteiger partial charge is 0.142 e. The molecule has 0 aliphatic rings. The minimum Gasteiger partial charge on any atom is -0.205 e. The molecule has 0 aromatic heterocycles. The molecule has 0 fully saturated rings. The van der Waals surface area contributed by atoms with Crippen LogP contribution in [-0.4, -0.2) is 0 Å². The zero-order valence-electron chi connectivity index (χ0n) is 9.60. The number of benzene rings is 1. The van der Waals surface area contributed by atoms with Crippen molar-refractivity contribution in [1.82, 2.24) is 0 Å². The van der Waals surface area contributed by atoms with Crippen LogP contribution in [0.4, 0.5) is 4.39 Å². The summed E-state index contributed by atoms with van der Waals surface area (Å²) in [5.41, 5.74) is 0.653. The summed E-state index contributed by atoms with van der Waals surface area (Å²) in [5.74, 6) is 0.0394. The summed E-state index contributed by atoms with van der Waals surface area (Å²) in [6, 6.07) is 2.82. The first-order chi connectivity index (χ1) is 7.43. The van der Waals surface area contributed by atoms with Crippen molar-refractivity contribution in [3.05, 3.63) is 45.7 Å². The van der Waals surface area contributed by atoms with E-state index in [4.69, 9.17) is 23.2 Å². The zero-order chi connectivity index (χ0) is 12.3. The van der Waals surface area contributed by atoms with Gasteiger partial charge in [-0.25, -0.2) is 4.39 Å². The Bertz CT molecular complexity index is 397. The lowest BCUT2D eigenvalue weighted by molar-refractivity contribution is 0.625. The molecule has 1 aromatic carbocycles. The third kappa shape index (κ3) is 3.23. The molecule has 0 saturated heterocycles. The van der Waals surface area contributed by atoms with Crippen molar-refractivity contribution in [2.75, 3.05) is 0 Å². The van der Waals surface area contributed by atoms with Gasteiger partial charge in [-0.3, -0.25) is 0 Å². The van der Waals surface area contributed by atoms with Gasteiger partial charge in [0.05, 0.1) is 5.02 Å². The molecule has 16 heavy (non-hydrogen) atoms. The summed E-state index contributed by atoms with van der Waals surface area (Å²) in [4.78, 5) is 0. The SMILES string of the molecule is CC(C)C=CC(C)c1c(Cl)ccc(F)c1Cl. The Morgan fingerprint density at radius 2 is 1.75 bits per heavy atom. The first-order valence-corrected chi connectivity index (χ1v) is 6.00. The summed E-state index contributed by atoms with van der Waals surface area (Å²) in [5, 5.41) is 0.626. The maximum absolute atomic E-state index is 13.3. The molecule has 0 heterocycles. The van der Waals surface area contributed by atoms with E-state index in [0.717, 1.165) is 0 Å². The Labute approximate surface area is 106 Å². The summed E-state index contributed by atoms with van der Waals surface area (Å²) in [6.07, 6.45) is 4.05. The van der Waals surface area contributed by atoms with Gasteiger partial charge in [0.15, 0.2) is 0 Å². The Kier molecular flexibility index (Phi) is 4.82. The molecule has 0 amide bonds. The van der Waals surface area contributed by atoms with Crippen LogP contribution in [0, 0.1) is 11.7 Å². The molecular formula is C13H15Cl2F. The van der Waals surface area contributed by atoms with Crippen molar-refractivity contribution in [1.29, 1.82) is 0 Å². The minimum atomic E-state index is -0.425. The van der Waals surface area contributed by atoms with Crippen LogP contribution in [-0.2, 0) is 0 Å². The van der Waals surface area contributed by atoms with E-state index in [1.165, 1.54) is 12.1 Å². The van der Waals surface area contributed by atoms with Gasteiger partial charge in [0.25, 0.3) is 0 Å². The highest BCUT2D eigenvalue weighted by Gasteiger charge is 2.14. The molecule has 0 bridgehead atoms. The minimum absolute atomic E-state index is 0.0121. The van der Waals surface area contributed by atoms with Crippen molar-refractivity contribution in [2.45, 2.75) is 26.7 Å². The maximum atomic E-state index is 13.3. The lowest BCUT2D eigenvalue weighted by Gasteiger charge is -2.12. The van der Waals surface area contributed by atoms with Gasteiger partial charge in [-0.15, -0.1) is 0 Å². The first-order valence-electron chi connectivity index (χ1n) is 5.25. The fourth-order valence-corrected chi connectivity index (χ4v) is 2.16. The average Bonchev–Trinajstić information content (AvgIpc) is 2.21. The van der Waals surface area contributed by atoms with Crippen LogP contribution < -0.4 is 0 Å². The number of halogens is 3. The van der Waals surface area contributed by atoms with Gasteiger partial charge >= 0.3 is 0 Å². The molecular weight excluding hydrogens is 246 g/mol. The third-order valence-corrected chi connectivity index (χ3v) is 3.03. The zero-order valence-corrected chi connectivity index (χ0v) is 11.1. The fraction of sp³-hybridized carbons (Fsp3) is 0.385. The number of rotatable bonds is 3. The van der Waals surface area contributed by atoms with Gasteiger partial charge in [0.1, 0.15) is 5.82 Å². The van der Waals surface area contributed by atoms with E-state index in [1.54, 1.807) is 0 Å². The summed E-state index contributed by atoms with van der Waals surface area (Å²) in [6.45, 7) is 6.11. The van der Waals surface area contributed by atoms with Gasteiger partial charge in [0.2, 0.25) is 0 Å². The van der Waals surface area contributed by atoms with Crippen molar-refractivity contribution < 1.29 is 4.39 Å². The second kappa shape index (κ2) is 5.70. The van der Waals surface area contributed by atoms with Crippen LogP contribution in [0.5, 0.6) is 0 Å². The predicted molar refractivity (Wildman–Crippen MR) is 68.8 cm³/mol. The number of hydrogen-bond donors (Lipinski definition) is 0. The van der Waals surface area contributed by atoms with Gasteiger partial charge in [-0.05, 0) is 23.6 Å². The molecule has 1 rings (SSSR count). The Balaban J connectivity index is 3.08. The summed E-state index contributed by atoms with van der Waals surface area (Å²) >= 11 is 11.9. The molecule has 0 spiro atoms. The van der Waals surface area contributed by atoms with Crippen molar-refractivity contribution in [2.24, 2.45) is 5.92 Å². The fourth-order valence-electron chi connectivity index (χ4n) is 1.45. The monoisotopic (exact) mass is 260 g/mol. The lowest BCUT2D eigenvalue weighted by atomic mass is 9.99. The van der Waals surface area contributed by atoms with Crippen LogP contribution >= 0.6 is 23.2 Å². The standard InChI is InChI=1S/C13H15Cl2F/c1-8(2)4-5-9(3)12-10(14)6-7-11(16)13(12)15/h4-9H,1-3H3. The maximum Gasteiger partial charge on any atom is 0.142 e. The molecule has 0 radical (unpaired) electrons. The van der Waals surface area contributed by atoms with Crippen LogP contribution in [0.2, 0.25) is 10.0 Å². The highest BCUT2D eigenvalue weighted by Crippen LogP contribution is 2.34. The second-order valence-corrected chi connectivity index (χ2v) is 4.96. The Hall–Kier alpha value is -0.530. The van der Waals surface area contributed by atoms with E-state index < -0.39 is 5.82 Å². The second-order valence-electron chi connectivity index (χ2n) is 4.17. The molecule has 0 aliphatic heterocycles. The van der Waals surface area contributed by atoms with E-state index in [1.807, 2.05) is 13.0 Å². The van der Waals surface area contributed by atoms with Gasteiger partial charge in [0, 0.05) is 10.9 Å². The van der Waals surface area contributed by atoms with E-state index in [2.05, 4.69) is 19.9 Å². The highest BCUT2D eigenvalue weighted by molar-refractivity contribution is 6.36. The van der Waals surface area contributed by atoms with Crippen LogP contribution in [0.1, 0.15) is 32.3 Å². The first kappa shape index (κ1) is 13.5. The molecule has 1 atom stereocenters. The molecule has 0 nitrogen and oxygen atoms in total. The molecule has 0 aliphatic carbocycles. The van der Waals surface area contributed by atoms with Crippen molar-refractivity contribution in [3.63, 3.8) is 0 Å². The third-order valence-electron chi connectivity index (χ3n) is 2.32. The van der Waals surface area contributed by atoms with Gasteiger partial charge in [-0.2, -0.15) is 0 Å². The Morgan fingerprint density at radius 3 is 2.31 bits per heavy atom. The van der Waals surface area contributed by atoms with E-state index in [-0.39, 0.29) is 10.9 Å². The summed E-state index contributed by atoms with van der Waals surface area (Å²) in [7, 11) is 0. The Morgan fingerprint density at radius 1 is 1.12 bits per heavy atom. The normalized spacial score (nSPS) is 13.7. The van der Waals surface area contributed by atoms with E-state index >= 15 is 0 Å². The van der Waals surface area contributed by atoms with Crippen molar-refractivity contribution >= 4 is 23.2 Å².